The van der Waals surface area contributed by atoms with Gasteiger partial charge in [-0.2, -0.15) is 8.42 Å². The monoisotopic (exact) mass is 319 g/mol. The first-order valence-electron chi connectivity index (χ1n) is 7.12. The summed E-state index contributed by atoms with van der Waals surface area (Å²) >= 11 is 0. The number of rotatable bonds is 5. The van der Waals surface area contributed by atoms with Crippen molar-refractivity contribution >= 4 is 10.1 Å². The zero-order valence-corrected chi connectivity index (χ0v) is 13.0. The Labute approximate surface area is 130 Å². The summed E-state index contributed by atoms with van der Waals surface area (Å²) in [7, 11) is -2.46. The van der Waals surface area contributed by atoms with Crippen molar-refractivity contribution in [1.82, 2.24) is 4.98 Å². The Bertz CT molecular complexity index is 752. The Kier molecular flexibility index (Phi) is 4.02. The van der Waals surface area contributed by atoms with Crippen molar-refractivity contribution in [2.75, 3.05) is 7.11 Å². The minimum absolute atomic E-state index is 0.0325. The van der Waals surface area contributed by atoms with Gasteiger partial charge in [0.1, 0.15) is 16.4 Å². The van der Waals surface area contributed by atoms with Crippen molar-refractivity contribution in [3.8, 4) is 11.5 Å². The van der Waals surface area contributed by atoms with Crippen molar-refractivity contribution in [3.63, 3.8) is 0 Å². The van der Waals surface area contributed by atoms with Crippen molar-refractivity contribution in [3.05, 3.63) is 48.3 Å². The predicted octanol–water partition coefficient (Wildman–Crippen LogP) is 3.13. The van der Waals surface area contributed by atoms with Gasteiger partial charge in [-0.05, 0) is 36.5 Å². The fourth-order valence-electron chi connectivity index (χ4n) is 2.36. The maximum absolute atomic E-state index is 12.2. The van der Waals surface area contributed by atoms with Gasteiger partial charge in [-0.1, -0.05) is 18.6 Å². The molecule has 3 rings (SSSR count). The molecule has 0 atom stereocenters. The lowest BCUT2D eigenvalue weighted by Gasteiger charge is -2.25. The van der Waals surface area contributed by atoms with E-state index < -0.39 is 10.1 Å². The highest BCUT2D eigenvalue weighted by Gasteiger charge is 2.21. The zero-order valence-electron chi connectivity index (χ0n) is 12.2. The predicted molar refractivity (Wildman–Crippen MR) is 81.6 cm³/mol. The van der Waals surface area contributed by atoms with Gasteiger partial charge < -0.3 is 8.92 Å². The second-order valence-corrected chi connectivity index (χ2v) is 6.84. The summed E-state index contributed by atoms with van der Waals surface area (Å²) in [4.78, 5) is 3.80. The van der Waals surface area contributed by atoms with Gasteiger partial charge in [-0.3, -0.25) is 4.98 Å². The third-order valence-electron chi connectivity index (χ3n) is 3.88. The molecule has 0 radical (unpaired) electrons. The highest BCUT2D eigenvalue weighted by molar-refractivity contribution is 7.87. The highest BCUT2D eigenvalue weighted by Crippen LogP contribution is 2.36. The standard InChI is InChI=1S/C16H17NO4S/c1-20-15-9-16(11-17-10-15)22(18,19)21-14-7-5-13(6-8-14)12-3-2-4-12/h5-12H,2-4H2,1H3. The molecule has 6 heteroatoms. The quantitative estimate of drug-likeness (QED) is 0.792. The lowest BCUT2D eigenvalue weighted by Crippen LogP contribution is -2.11. The van der Waals surface area contributed by atoms with E-state index in [1.165, 1.54) is 50.4 Å². The number of hydrogen-bond donors (Lipinski definition) is 0. The van der Waals surface area contributed by atoms with E-state index in [0.29, 0.717) is 17.4 Å². The van der Waals surface area contributed by atoms with Gasteiger partial charge in [0.2, 0.25) is 0 Å². The van der Waals surface area contributed by atoms with Crippen LogP contribution >= 0.6 is 0 Å². The fraction of sp³-hybridized carbons (Fsp3) is 0.312. The summed E-state index contributed by atoms with van der Waals surface area (Å²) in [5.41, 5.74) is 1.24. The summed E-state index contributed by atoms with van der Waals surface area (Å²) < 4.78 is 34.6. The molecular formula is C16H17NO4S. The van der Waals surface area contributed by atoms with Gasteiger partial charge in [0.05, 0.1) is 13.3 Å². The second kappa shape index (κ2) is 5.96. The van der Waals surface area contributed by atoms with Crippen LogP contribution in [0.25, 0.3) is 0 Å². The van der Waals surface area contributed by atoms with Crippen LogP contribution in [-0.2, 0) is 10.1 Å². The molecule has 0 saturated heterocycles. The summed E-state index contributed by atoms with van der Waals surface area (Å²) in [6.45, 7) is 0. The van der Waals surface area contributed by atoms with Crippen LogP contribution < -0.4 is 8.92 Å². The second-order valence-electron chi connectivity index (χ2n) is 5.29. The molecule has 1 aromatic carbocycles. The lowest BCUT2D eigenvalue weighted by atomic mass is 9.80. The Morgan fingerprint density at radius 3 is 2.41 bits per heavy atom. The first-order valence-corrected chi connectivity index (χ1v) is 8.53. The van der Waals surface area contributed by atoms with Gasteiger partial charge in [0.15, 0.2) is 0 Å². The van der Waals surface area contributed by atoms with Crippen LogP contribution in [0.1, 0.15) is 30.7 Å². The molecule has 0 amide bonds. The number of methoxy groups -OCH3 is 1. The molecule has 0 spiro atoms. The third-order valence-corrected chi connectivity index (χ3v) is 5.09. The van der Waals surface area contributed by atoms with E-state index >= 15 is 0 Å². The van der Waals surface area contributed by atoms with Crippen LogP contribution in [0.5, 0.6) is 11.5 Å². The lowest BCUT2D eigenvalue weighted by molar-refractivity contribution is 0.410. The molecule has 1 aliphatic rings. The van der Waals surface area contributed by atoms with Crippen LogP contribution in [-0.4, -0.2) is 20.5 Å². The molecule has 0 unspecified atom stereocenters. The molecule has 116 valence electrons. The third kappa shape index (κ3) is 3.06. The first kappa shape index (κ1) is 14.8. The number of nitrogens with zero attached hydrogens (tertiary/aromatic N) is 1. The van der Waals surface area contributed by atoms with E-state index in [1.807, 2.05) is 12.1 Å². The van der Waals surface area contributed by atoms with Gasteiger partial charge in [0, 0.05) is 12.3 Å². The number of ether oxygens (including phenoxy) is 1. The molecule has 0 aliphatic heterocycles. The molecule has 1 saturated carbocycles. The van der Waals surface area contributed by atoms with E-state index in [9.17, 15) is 8.42 Å². The summed E-state index contributed by atoms with van der Waals surface area (Å²) in [5.74, 6) is 1.27. The number of pyridine rings is 1. The number of aromatic nitrogens is 1. The van der Waals surface area contributed by atoms with Crippen LogP contribution in [0.3, 0.4) is 0 Å². The normalized spacial score (nSPS) is 15.1. The summed E-state index contributed by atoms with van der Waals surface area (Å²) in [5, 5.41) is 0. The van der Waals surface area contributed by atoms with E-state index in [2.05, 4.69) is 4.98 Å². The molecule has 1 fully saturated rings. The van der Waals surface area contributed by atoms with Crippen molar-refractivity contribution < 1.29 is 17.3 Å². The van der Waals surface area contributed by atoms with Gasteiger partial charge in [-0.15, -0.1) is 0 Å². The number of benzene rings is 1. The minimum atomic E-state index is -3.91. The molecule has 22 heavy (non-hydrogen) atoms. The van der Waals surface area contributed by atoms with Crippen LogP contribution in [0.2, 0.25) is 0 Å². The summed E-state index contributed by atoms with van der Waals surface area (Å²) in [6.07, 6.45) is 6.34. The molecule has 0 N–H and O–H groups in total. The van der Waals surface area contributed by atoms with Crippen LogP contribution in [0.15, 0.2) is 47.6 Å². The van der Waals surface area contributed by atoms with E-state index in [4.69, 9.17) is 8.92 Å². The Balaban J connectivity index is 1.78. The zero-order chi connectivity index (χ0) is 15.6. The Hall–Kier alpha value is -2.08. The average Bonchev–Trinajstić information content (AvgIpc) is 2.47. The summed E-state index contributed by atoms with van der Waals surface area (Å²) in [6, 6.07) is 8.62. The van der Waals surface area contributed by atoms with Crippen molar-refractivity contribution in [1.29, 1.82) is 0 Å². The van der Waals surface area contributed by atoms with Gasteiger partial charge >= 0.3 is 10.1 Å². The molecule has 0 bridgehead atoms. The minimum Gasteiger partial charge on any atom is -0.495 e. The maximum Gasteiger partial charge on any atom is 0.340 e. The molecule has 1 aliphatic carbocycles. The van der Waals surface area contributed by atoms with E-state index in [-0.39, 0.29) is 4.90 Å². The fourth-order valence-corrected chi connectivity index (χ4v) is 3.27. The first-order chi connectivity index (χ1) is 10.6. The molecule has 1 heterocycles. The van der Waals surface area contributed by atoms with E-state index in [1.54, 1.807) is 12.1 Å². The largest absolute Gasteiger partial charge is 0.495 e. The molecule has 2 aromatic rings. The van der Waals surface area contributed by atoms with Gasteiger partial charge in [-0.25, -0.2) is 0 Å². The smallest absolute Gasteiger partial charge is 0.340 e. The molecule has 1 aromatic heterocycles. The topological polar surface area (TPSA) is 65.5 Å². The number of hydrogen-bond acceptors (Lipinski definition) is 5. The van der Waals surface area contributed by atoms with E-state index in [0.717, 1.165) is 0 Å². The maximum atomic E-state index is 12.2. The molecular weight excluding hydrogens is 302 g/mol. The van der Waals surface area contributed by atoms with Crippen molar-refractivity contribution in [2.24, 2.45) is 0 Å². The van der Waals surface area contributed by atoms with Crippen LogP contribution in [0.4, 0.5) is 0 Å². The Morgan fingerprint density at radius 2 is 1.82 bits per heavy atom. The van der Waals surface area contributed by atoms with Gasteiger partial charge in [0.25, 0.3) is 0 Å². The highest BCUT2D eigenvalue weighted by atomic mass is 32.2. The SMILES string of the molecule is COc1cncc(S(=O)(=O)Oc2ccc(C3CCC3)cc2)c1. The van der Waals surface area contributed by atoms with Crippen molar-refractivity contribution in [2.45, 2.75) is 30.1 Å². The average molecular weight is 319 g/mol. The van der Waals surface area contributed by atoms with Crippen LogP contribution in [0, 0.1) is 0 Å². The Morgan fingerprint density at radius 1 is 1.09 bits per heavy atom. The molecule has 5 nitrogen and oxygen atoms in total.